The van der Waals surface area contributed by atoms with Gasteiger partial charge in [0.1, 0.15) is 11.5 Å². The largest absolute Gasteiger partial charge is 0.436 e. The van der Waals surface area contributed by atoms with Crippen LogP contribution in [0.4, 0.5) is 5.69 Å². The fourth-order valence-electron chi connectivity index (χ4n) is 1.85. The first kappa shape index (κ1) is 13.8. The topological polar surface area (TPSA) is 69.2 Å². The molecule has 0 fully saturated rings. The monoisotopic (exact) mass is 294 g/mol. The van der Waals surface area contributed by atoms with Gasteiger partial charge in [0.2, 0.25) is 0 Å². The Balaban J connectivity index is 1.90. The summed E-state index contributed by atoms with van der Waals surface area (Å²) in [6.07, 6.45) is 0. The Morgan fingerprint density at radius 1 is 0.727 bits per heavy atom. The molecule has 2 aromatic carbocycles. The first-order valence-electron chi connectivity index (χ1n) is 6.74. The SMILES string of the molecule is CNc1c(Oc2ccccc2)nnnc1Oc1ccccc1. The summed E-state index contributed by atoms with van der Waals surface area (Å²) in [5.74, 6) is 1.92. The maximum absolute atomic E-state index is 5.72. The van der Waals surface area contributed by atoms with Crippen LogP contribution in [0.3, 0.4) is 0 Å². The van der Waals surface area contributed by atoms with Crippen molar-refractivity contribution in [2.24, 2.45) is 0 Å². The summed E-state index contributed by atoms with van der Waals surface area (Å²) >= 11 is 0. The third-order valence-corrected chi connectivity index (χ3v) is 2.86. The van der Waals surface area contributed by atoms with Crippen molar-refractivity contribution in [1.29, 1.82) is 0 Å². The highest BCUT2D eigenvalue weighted by Gasteiger charge is 2.15. The normalized spacial score (nSPS) is 10.0. The van der Waals surface area contributed by atoms with Crippen molar-refractivity contribution in [3.05, 3.63) is 60.7 Å². The van der Waals surface area contributed by atoms with Crippen LogP contribution in [0.5, 0.6) is 23.3 Å². The fourth-order valence-corrected chi connectivity index (χ4v) is 1.85. The Hall–Kier alpha value is -3.15. The molecule has 0 aliphatic carbocycles. The summed E-state index contributed by atoms with van der Waals surface area (Å²) in [5, 5.41) is 14.5. The molecular weight excluding hydrogens is 280 g/mol. The first-order valence-corrected chi connectivity index (χ1v) is 6.74. The molecule has 0 unspecified atom stereocenters. The Kier molecular flexibility index (Phi) is 4.10. The number of anilines is 1. The lowest BCUT2D eigenvalue weighted by Gasteiger charge is -2.12. The van der Waals surface area contributed by atoms with Crippen molar-refractivity contribution in [1.82, 2.24) is 15.4 Å². The van der Waals surface area contributed by atoms with E-state index >= 15 is 0 Å². The van der Waals surface area contributed by atoms with Crippen molar-refractivity contribution in [3.63, 3.8) is 0 Å². The van der Waals surface area contributed by atoms with Crippen LogP contribution >= 0.6 is 0 Å². The zero-order chi connectivity index (χ0) is 15.2. The quantitative estimate of drug-likeness (QED) is 0.776. The minimum Gasteiger partial charge on any atom is -0.436 e. The van der Waals surface area contributed by atoms with E-state index in [0.717, 1.165) is 0 Å². The van der Waals surface area contributed by atoms with Gasteiger partial charge < -0.3 is 14.8 Å². The van der Waals surface area contributed by atoms with Gasteiger partial charge in [0.05, 0.1) is 0 Å². The van der Waals surface area contributed by atoms with Gasteiger partial charge in [-0.1, -0.05) is 46.6 Å². The third kappa shape index (κ3) is 3.12. The van der Waals surface area contributed by atoms with E-state index < -0.39 is 0 Å². The van der Waals surface area contributed by atoms with E-state index in [0.29, 0.717) is 28.9 Å². The first-order chi connectivity index (χ1) is 10.9. The molecule has 6 nitrogen and oxygen atoms in total. The van der Waals surface area contributed by atoms with Crippen LogP contribution in [0.15, 0.2) is 60.7 Å². The number of hydrogen-bond acceptors (Lipinski definition) is 6. The van der Waals surface area contributed by atoms with E-state index in [-0.39, 0.29) is 0 Å². The number of para-hydroxylation sites is 2. The van der Waals surface area contributed by atoms with E-state index in [9.17, 15) is 0 Å². The van der Waals surface area contributed by atoms with Crippen LogP contribution in [0.25, 0.3) is 0 Å². The van der Waals surface area contributed by atoms with E-state index in [1.165, 1.54) is 0 Å². The molecule has 0 aliphatic rings. The molecule has 0 bridgehead atoms. The number of nitrogens with one attached hydrogen (secondary N) is 1. The summed E-state index contributed by atoms with van der Waals surface area (Å²) in [5.41, 5.74) is 0.530. The van der Waals surface area contributed by atoms with Crippen molar-refractivity contribution >= 4 is 5.69 Å². The van der Waals surface area contributed by atoms with Crippen LogP contribution < -0.4 is 14.8 Å². The molecule has 1 N–H and O–H groups in total. The van der Waals surface area contributed by atoms with E-state index in [2.05, 4.69) is 20.7 Å². The van der Waals surface area contributed by atoms with E-state index in [1.54, 1.807) is 7.05 Å². The van der Waals surface area contributed by atoms with Crippen LogP contribution in [0.2, 0.25) is 0 Å². The third-order valence-electron chi connectivity index (χ3n) is 2.86. The lowest BCUT2D eigenvalue weighted by atomic mass is 10.3. The summed E-state index contributed by atoms with van der Waals surface area (Å²) in [6.45, 7) is 0. The Bertz CT molecular complexity index is 676. The predicted molar refractivity (Wildman–Crippen MR) is 82.4 cm³/mol. The molecule has 6 heteroatoms. The summed E-state index contributed by atoms with van der Waals surface area (Å²) in [4.78, 5) is 0. The average molecular weight is 294 g/mol. The molecule has 1 aromatic heterocycles. The van der Waals surface area contributed by atoms with Crippen LogP contribution in [0.1, 0.15) is 0 Å². The molecule has 22 heavy (non-hydrogen) atoms. The van der Waals surface area contributed by atoms with Crippen LogP contribution in [-0.2, 0) is 0 Å². The van der Waals surface area contributed by atoms with Crippen molar-refractivity contribution < 1.29 is 9.47 Å². The fraction of sp³-hybridized carbons (Fsp3) is 0.0625. The zero-order valence-corrected chi connectivity index (χ0v) is 11.9. The number of ether oxygens (including phenoxy) is 2. The second-order valence-corrected chi connectivity index (χ2v) is 4.35. The van der Waals surface area contributed by atoms with Gasteiger partial charge in [-0.25, -0.2) is 0 Å². The smallest absolute Gasteiger partial charge is 0.270 e. The maximum Gasteiger partial charge on any atom is 0.270 e. The van der Waals surface area contributed by atoms with Gasteiger partial charge in [0, 0.05) is 7.05 Å². The van der Waals surface area contributed by atoms with Gasteiger partial charge in [-0.05, 0) is 29.5 Å². The highest BCUT2D eigenvalue weighted by molar-refractivity contribution is 5.60. The van der Waals surface area contributed by atoms with Gasteiger partial charge >= 0.3 is 0 Å². The predicted octanol–water partition coefficient (Wildman–Crippen LogP) is 3.50. The summed E-state index contributed by atoms with van der Waals surface area (Å²) < 4.78 is 11.4. The van der Waals surface area contributed by atoms with Crippen LogP contribution in [-0.4, -0.2) is 22.5 Å². The van der Waals surface area contributed by atoms with Gasteiger partial charge in [-0.3, -0.25) is 0 Å². The molecule has 0 saturated heterocycles. The molecule has 1 heterocycles. The van der Waals surface area contributed by atoms with Crippen molar-refractivity contribution in [3.8, 4) is 23.3 Å². The Morgan fingerprint density at radius 2 is 1.18 bits per heavy atom. The number of hydrogen-bond donors (Lipinski definition) is 1. The van der Waals surface area contributed by atoms with E-state index in [4.69, 9.17) is 9.47 Å². The number of rotatable bonds is 5. The standard InChI is InChI=1S/C16H14N4O2/c1-17-14-15(21-12-8-4-2-5-9-12)18-20-19-16(14)22-13-10-6-3-7-11-13/h2-11H,1H3,(H,17,20). The Labute approximate surface area is 127 Å². The van der Waals surface area contributed by atoms with Gasteiger partial charge in [0.25, 0.3) is 11.8 Å². The molecule has 0 saturated carbocycles. The minimum absolute atomic E-state index is 0.301. The molecule has 0 radical (unpaired) electrons. The maximum atomic E-state index is 5.72. The lowest BCUT2D eigenvalue weighted by Crippen LogP contribution is -2.03. The van der Waals surface area contributed by atoms with Gasteiger partial charge in [-0.15, -0.1) is 0 Å². The molecule has 0 aliphatic heterocycles. The molecule has 3 aromatic rings. The molecule has 3 rings (SSSR count). The minimum atomic E-state index is 0.301. The number of benzene rings is 2. The highest BCUT2D eigenvalue weighted by atomic mass is 16.5. The average Bonchev–Trinajstić information content (AvgIpc) is 2.57. The van der Waals surface area contributed by atoms with Crippen molar-refractivity contribution in [2.45, 2.75) is 0 Å². The van der Waals surface area contributed by atoms with Crippen LogP contribution in [0, 0.1) is 0 Å². The van der Waals surface area contributed by atoms with Crippen molar-refractivity contribution in [2.75, 3.05) is 12.4 Å². The lowest BCUT2D eigenvalue weighted by molar-refractivity contribution is 0.420. The second kappa shape index (κ2) is 6.53. The number of nitrogens with zero attached hydrogens (tertiary/aromatic N) is 3. The zero-order valence-electron chi connectivity index (χ0n) is 11.9. The number of aromatic nitrogens is 3. The summed E-state index contributed by atoms with van der Waals surface area (Å²) in [7, 11) is 1.74. The van der Waals surface area contributed by atoms with E-state index in [1.807, 2.05) is 60.7 Å². The molecule has 0 atom stereocenters. The molecule has 0 amide bonds. The van der Waals surface area contributed by atoms with Gasteiger partial charge in [-0.2, -0.15) is 0 Å². The second-order valence-electron chi connectivity index (χ2n) is 4.35. The Morgan fingerprint density at radius 3 is 1.59 bits per heavy atom. The molecule has 0 spiro atoms. The summed E-state index contributed by atoms with van der Waals surface area (Å²) in [6, 6.07) is 18.7. The molecule has 110 valence electrons. The highest BCUT2D eigenvalue weighted by Crippen LogP contribution is 2.34. The molecular formula is C16H14N4O2. The van der Waals surface area contributed by atoms with Gasteiger partial charge in [0.15, 0.2) is 5.69 Å².